The highest BCUT2D eigenvalue weighted by molar-refractivity contribution is 7.41. The molecule has 176 valence electrons. The molecule has 11 nitrogen and oxygen atoms in total. The molecule has 2 fully saturated rings. The molecule has 0 amide bonds. The highest BCUT2D eigenvalue weighted by Gasteiger charge is 2.45. The quantitative estimate of drug-likeness (QED) is 0.446. The standard InChI is InChI=1S/C19H20ClFN5O6P/c20-11-5-9(21)1-2-10(11)12-3-4-29-33(32-12)30-6-13-15(27)16(28)19(31-13)26-8-25-14-17(22)23-7-24-18(14)26/h1-2,5,7-8,12-13,15-16,19,27-28H,3-4,6H2,(H2,22,23,24)/t12?,13-,15-,16-,19-,33?/m1/s1. The monoisotopic (exact) mass is 499 g/mol. The van der Waals surface area contributed by atoms with Gasteiger partial charge in [-0.05, 0) is 12.1 Å². The molecule has 2 unspecified atom stereocenters. The van der Waals surface area contributed by atoms with Gasteiger partial charge in [0.15, 0.2) is 17.7 Å². The normalized spacial score (nSPS) is 30.2. The molecule has 2 aliphatic heterocycles. The summed E-state index contributed by atoms with van der Waals surface area (Å²) in [7, 11) is -1.78. The van der Waals surface area contributed by atoms with Crippen LogP contribution in [0, 0.1) is 5.82 Å². The van der Waals surface area contributed by atoms with Crippen molar-refractivity contribution in [3.63, 3.8) is 0 Å². The summed E-state index contributed by atoms with van der Waals surface area (Å²) in [5, 5.41) is 21.3. The summed E-state index contributed by atoms with van der Waals surface area (Å²) in [6, 6.07) is 4.10. The number of hydrogen-bond acceptors (Lipinski definition) is 10. The number of nitrogens with two attached hydrogens (primary N) is 1. The summed E-state index contributed by atoms with van der Waals surface area (Å²) in [6.07, 6.45) is -1.55. The molecule has 2 saturated heterocycles. The third-order valence-corrected chi connectivity index (χ3v) is 6.95. The summed E-state index contributed by atoms with van der Waals surface area (Å²) in [5.74, 6) is -0.244. The zero-order valence-corrected chi connectivity index (χ0v) is 18.6. The molecule has 5 rings (SSSR count). The summed E-state index contributed by atoms with van der Waals surface area (Å²) < 4.78 is 37.8. The molecule has 6 atom stereocenters. The Morgan fingerprint density at radius 1 is 1.27 bits per heavy atom. The molecule has 14 heteroatoms. The van der Waals surface area contributed by atoms with E-state index in [1.54, 1.807) is 6.07 Å². The van der Waals surface area contributed by atoms with Crippen molar-refractivity contribution in [3.05, 3.63) is 47.3 Å². The Kier molecular flexibility index (Phi) is 6.43. The van der Waals surface area contributed by atoms with Crippen molar-refractivity contribution in [2.24, 2.45) is 0 Å². The van der Waals surface area contributed by atoms with Gasteiger partial charge in [0.05, 0.1) is 25.6 Å². The minimum atomic E-state index is -1.78. The number of nitrogen functional groups attached to an aromatic ring is 1. The van der Waals surface area contributed by atoms with E-state index >= 15 is 0 Å². The van der Waals surface area contributed by atoms with Crippen molar-refractivity contribution in [3.8, 4) is 0 Å². The summed E-state index contributed by atoms with van der Waals surface area (Å²) in [5.41, 5.74) is 7.17. The molecule has 4 N–H and O–H groups in total. The predicted molar refractivity (Wildman–Crippen MR) is 114 cm³/mol. The van der Waals surface area contributed by atoms with E-state index in [4.69, 9.17) is 35.6 Å². The van der Waals surface area contributed by atoms with Crippen molar-refractivity contribution in [2.45, 2.75) is 37.1 Å². The predicted octanol–water partition coefficient (Wildman–Crippen LogP) is 2.24. The first-order valence-corrected chi connectivity index (χ1v) is 11.5. The number of hydrogen-bond donors (Lipinski definition) is 3. The molecule has 2 aliphatic rings. The molecular weight excluding hydrogens is 480 g/mol. The molecule has 0 spiro atoms. The molecule has 4 heterocycles. The van der Waals surface area contributed by atoms with Gasteiger partial charge < -0.3 is 34.3 Å². The van der Waals surface area contributed by atoms with Crippen molar-refractivity contribution in [2.75, 3.05) is 18.9 Å². The first-order valence-electron chi connectivity index (χ1n) is 10.0. The zero-order valence-electron chi connectivity index (χ0n) is 17.0. The van der Waals surface area contributed by atoms with E-state index in [0.717, 1.165) is 0 Å². The largest absolute Gasteiger partial charge is 0.387 e. The number of aliphatic hydroxyl groups is 2. The average molecular weight is 500 g/mol. The van der Waals surface area contributed by atoms with Crippen LogP contribution in [-0.2, 0) is 18.3 Å². The number of halogens is 2. The highest BCUT2D eigenvalue weighted by Crippen LogP contribution is 2.51. The van der Waals surface area contributed by atoms with Gasteiger partial charge in [-0.2, -0.15) is 0 Å². The van der Waals surface area contributed by atoms with Gasteiger partial charge in [0.2, 0.25) is 0 Å². The Labute approximate surface area is 193 Å². The van der Waals surface area contributed by atoms with E-state index in [-0.39, 0.29) is 17.4 Å². The van der Waals surface area contributed by atoms with E-state index in [0.29, 0.717) is 29.8 Å². The summed E-state index contributed by atoms with van der Waals surface area (Å²) in [6.45, 7) is 0.250. The van der Waals surface area contributed by atoms with E-state index in [1.807, 2.05) is 0 Å². The van der Waals surface area contributed by atoms with E-state index in [1.165, 1.54) is 29.4 Å². The number of ether oxygens (including phenoxy) is 1. The topological polar surface area (TPSA) is 147 Å². The Morgan fingerprint density at radius 3 is 2.94 bits per heavy atom. The lowest BCUT2D eigenvalue weighted by atomic mass is 10.1. The number of aliphatic hydroxyl groups excluding tert-OH is 2. The Bertz CT molecular complexity index is 1160. The van der Waals surface area contributed by atoms with Crippen LogP contribution < -0.4 is 5.73 Å². The number of rotatable bonds is 5. The van der Waals surface area contributed by atoms with Gasteiger partial charge in [-0.3, -0.25) is 4.57 Å². The zero-order chi connectivity index (χ0) is 23.1. The molecule has 0 bridgehead atoms. The molecule has 1 aromatic carbocycles. The van der Waals surface area contributed by atoms with Crippen LogP contribution in [0.4, 0.5) is 10.2 Å². The minimum absolute atomic E-state index is 0.103. The molecular formula is C19H20ClFN5O6P. The van der Waals surface area contributed by atoms with E-state index in [9.17, 15) is 14.6 Å². The van der Waals surface area contributed by atoms with Gasteiger partial charge in [0, 0.05) is 17.0 Å². The summed E-state index contributed by atoms with van der Waals surface area (Å²) in [4.78, 5) is 12.2. The number of imidazole rings is 1. The first-order chi connectivity index (χ1) is 15.9. The van der Waals surface area contributed by atoms with Crippen LogP contribution in [0.5, 0.6) is 0 Å². The first kappa shape index (κ1) is 22.8. The lowest BCUT2D eigenvalue weighted by Gasteiger charge is -2.29. The fraction of sp³-hybridized carbons (Fsp3) is 0.421. The van der Waals surface area contributed by atoms with E-state index < -0.39 is 45.1 Å². The third kappa shape index (κ3) is 4.41. The lowest BCUT2D eigenvalue weighted by Crippen LogP contribution is -2.33. The average Bonchev–Trinajstić information content (AvgIpc) is 3.35. The molecule has 0 aliphatic carbocycles. The van der Waals surface area contributed by atoms with Gasteiger partial charge in [-0.1, -0.05) is 17.7 Å². The molecule has 33 heavy (non-hydrogen) atoms. The number of benzene rings is 1. The van der Waals surface area contributed by atoms with Crippen LogP contribution in [0.2, 0.25) is 5.02 Å². The number of fused-ring (bicyclic) bond motifs is 1. The second kappa shape index (κ2) is 9.32. The van der Waals surface area contributed by atoms with Gasteiger partial charge in [0.1, 0.15) is 36.0 Å². The molecule has 3 aromatic rings. The number of nitrogens with zero attached hydrogens (tertiary/aromatic N) is 4. The fourth-order valence-electron chi connectivity index (χ4n) is 3.75. The summed E-state index contributed by atoms with van der Waals surface area (Å²) >= 11 is 6.14. The van der Waals surface area contributed by atoms with Crippen LogP contribution in [-0.4, -0.2) is 61.3 Å². The minimum Gasteiger partial charge on any atom is -0.387 e. The van der Waals surface area contributed by atoms with Gasteiger partial charge in [-0.25, -0.2) is 19.3 Å². The Balaban J connectivity index is 1.24. The van der Waals surface area contributed by atoms with Crippen molar-refractivity contribution >= 4 is 37.2 Å². The second-order valence-corrected chi connectivity index (χ2v) is 9.11. The third-order valence-electron chi connectivity index (χ3n) is 5.44. The highest BCUT2D eigenvalue weighted by atomic mass is 35.5. The van der Waals surface area contributed by atoms with Crippen LogP contribution >= 0.6 is 20.2 Å². The Morgan fingerprint density at radius 2 is 2.12 bits per heavy atom. The van der Waals surface area contributed by atoms with Crippen molar-refractivity contribution in [1.29, 1.82) is 0 Å². The number of aromatic nitrogens is 4. The van der Waals surface area contributed by atoms with E-state index in [2.05, 4.69) is 15.0 Å². The van der Waals surface area contributed by atoms with Crippen LogP contribution in [0.25, 0.3) is 11.2 Å². The lowest BCUT2D eigenvalue weighted by molar-refractivity contribution is -0.0529. The van der Waals surface area contributed by atoms with Crippen molar-refractivity contribution < 1.29 is 32.9 Å². The maximum absolute atomic E-state index is 13.3. The molecule has 2 aromatic heterocycles. The second-order valence-electron chi connectivity index (χ2n) is 7.53. The van der Waals surface area contributed by atoms with Crippen LogP contribution in [0.3, 0.4) is 0 Å². The maximum Gasteiger partial charge on any atom is 0.333 e. The SMILES string of the molecule is Nc1ncnc2c1ncn2[C@@H]1O[C@H](COP2OCCC(c3ccc(F)cc3Cl)O2)[C@@H](O)[C@H]1O. The Hall–Kier alpha value is -2.02. The van der Waals surface area contributed by atoms with Gasteiger partial charge in [0.25, 0.3) is 0 Å². The molecule has 0 radical (unpaired) electrons. The number of anilines is 1. The maximum atomic E-state index is 13.3. The van der Waals surface area contributed by atoms with Crippen LogP contribution in [0.15, 0.2) is 30.9 Å². The fourth-order valence-corrected chi connectivity index (χ4v) is 5.19. The van der Waals surface area contributed by atoms with Gasteiger partial charge in [-0.15, -0.1) is 0 Å². The molecule has 0 saturated carbocycles. The van der Waals surface area contributed by atoms with Crippen LogP contribution in [0.1, 0.15) is 24.3 Å². The van der Waals surface area contributed by atoms with Crippen molar-refractivity contribution in [1.82, 2.24) is 19.5 Å². The smallest absolute Gasteiger partial charge is 0.333 e. The van der Waals surface area contributed by atoms with Gasteiger partial charge >= 0.3 is 8.60 Å².